The molecule has 2 aliphatic heterocycles. The zero-order valence-electron chi connectivity index (χ0n) is 13.0. The number of carboxylic acids is 2. The Hall–Kier alpha value is -2.33. The molecule has 3 heterocycles. The number of carboxylic acid groups (broad SMARTS) is 2. The van der Waals surface area contributed by atoms with E-state index in [0.29, 0.717) is 11.1 Å². The lowest BCUT2D eigenvalue weighted by atomic mass is 10.1. The Morgan fingerprint density at radius 3 is 2.68 bits per heavy atom. The molecule has 0 spiro atoms. The van der Waals surface area contributed by atoms with E-state index in [2.05, 4.69) is 5.32 Å². The Kier molecular flexibility index (Phi) is 4.56. The van der Waals surface area contributed by atoms with E-state index in [4.69, 9.17) is 5.11 Å². The molecule has 25 heavy (non-hydrogen) atoms. The first-order valence-corrected chi connectivity index (χ1v) is 9.09. The molecule has 0 saturated carbocycles. The summed E-state index contributed by atoms with van der Waals surface area (Å²) in [6.45, 7) is 1.64. The molecule has 0 aliphatic carbocycles. The number of nitrogens with zero attached hydrogens (tertiary/aromatic N) is 1. The molecule has 0 aromatic carbocycles. The Morgan fingerprint density at radius 1 is 1.32 bits per heavy atom. The summed E-state index contributed by atoms with van der Waals surface area (Å²) < 4.78 is 0. The predicted octanol–water partition coefficient (Wildman–Crippen LogP) is 0.746. The van der Waals surface area contributed by atoms with Crippen molar-refractivity contribution in [2.75, 3.05) is 0 Å². The van der Waals surface area contributed by atoms with Gasteiger partial charge in [0.15, 0.2) is 0 Å². The zero-order valence-corrected chi connectivity index (χ0v) is 14.6. The first-order valence-electron chi connectivity index (χ1n) is 7.27. The van der Waals surface area contributed by atoms with E-state index in [0.717, 1.165) is 23.1 Å². The molecule has 2 amide bonds. The largest absolute Gasteiger partial charge is 0.480 e. The van der Waals surface area contributed by atoms with E-state index >= 15 is 0 Å². The van der Waals surface area contributed by atoms with E-state index in [-0.39, 0.29) is 17.2 Å². The summed E-state index contributed by atoms with van der Waals surface area (Å²) in [5.74, 6) is -2.88. The van der Waals surface area contributed by atoms with Crippen LogP contribution < -0.4 is 5.32 Å². The van der Waals surface area contributed by atoms with Gasteiger partial charge in [-0.25, -0.2) is 4.79 Å². The van der Waals surface area contributed by atoms with Gasteiger partial charge >= 0.3 is 11.9 Å². The van der Waals surface area contributed by atoms with Crippen LogP contribution in [0, 0.1) is 0 Å². The van der Waals surface area contributed by atoms with Gasteiger partial charge in [0.1, 0.15) is 21.5 Å². The lowest BCUT2D eigenvalue weighted by molar-refractivity contribution is -0.145. The van der Waals surface area contributed by atoms with Gasteiger partial charge in [0.25, 0.3) is 5.91 Å². The zero-order chi connectivity index (χ0) is 18.3. The van der Waals surface area contributed by atoms with Crippen LogP contribution in [0.3, 0.4) is 0 Å². The number of fused-ring (bicyclic) bond motifs is 1. The number of amides is 2. The number of aromatic carboxylic acids is 1. The predicted molar refractivity (Wildman–Crippen MR) is 90.3 cm³/mol. The maximum Gasteiger partial charge on any atom is 0.346 e. The molecule has 0 bridgehead atoms. The molecule has 2 aliphatic rings. The third kappa shape index (κ3) is 3.14. The van der Waals surface area contributed by atoms with Gasteiger partial charge in [0.05, 0.1) is 6.42 Å². The number of carbonyl (C=O) groups is 4. The number of rotatable bonds is 5. The molecule has 1 aromatic heterocycles. The van der Waals surface area contributed by atoms with Crippen molar-refractivity contribution < 1.29 is 29.4 Å². The SMILES string of the molecule is CC1=CN2C(=O)C(NC(=O)Cc3ccsc3C(=O)O)[C@H]2SC1C(=O)O. The highest BCUT2D eigenvalue weighted by molar-refractivity contribution is 8.01. The van der Waals surface area contributed by atoms with Crippen molar-refractivity contribution in [2.45, 2.75) is 30.0 Å². The summed E-state index contributed by atoms with van der Waals surface area (Å²) in [7, 11) is 0. The van der Waals surface area contributed by atoms with Gasteiger partial charge in [0.2, 0.25) is 5.91 Å². The molecular weight excluding hydrogens is 368 g/mol. The van der Waals surface area contributed by atoms with Crippen LogP contribution in [0.4, 0.5) is 0 Å². The fourth-order valence-electron chi connectivity index (χ4n) is 2.75. The summed E-state index contributed by atoms with van der Waals surface area (Å²) in [4.78, 5) is 48.2. The number of thiophene rings is 1. The first kappa shape index (κ1) is 17.5. The maximum absolute atomic E-state index is 12.2. The van der Waals surface area contributed by atoms with Crippen molar-refractivity contribution in [2.24, 2.45) is 0 Å². The van der Waals surface area contributed by atoms with Crippen molar-refractivity contribution >= 4 is 46.9 Å². The van der Waals surface area contributed by atoms with Crippen LogP contribution in [-0.2, 0) is 20.8 Å². The van der Waals surface area contributed by atoms with Gasteiger partial charge < -0.3 is 20.4 Å². The van der Waals surface area contributed by atoms with Crippen molar-refractivity contribution in [3.63, 3.8) is 0 Å². The quantitative estimate of drug-likeness (QED) is 0.642. The number of hydrogen-bond acceptors (Lipinski definition) is 6. The van der Waals surface area contributed by atoms with E-state index in [1.807, 2.05) is 0 Å². The highest BCUT2D eigenvalue weighted by Gasteiger charge is 2.52. The molecule has 10 heteroatoms. The van der Waals surface area contributed by atoms with Gasteiger partial charge in [-0.2, -0.15) is 0 Å². The van der Waals surface area contributed by atoms with Crippen molar-refractivity contribution in [1.29, 1.82) is 0 Å². The second-order valence-corrected chi connectivity index (χ2v) is 7.81. The monoisotopic (exact) mass is 382 g/mol. The van der Waals surface area contributed by atoms with Gasteiger partial charge in [-0.05, 0) is 29.5 Å². The average molecular weight is 382 g/mol. The van der Waals surface area contributed by atoms with Gasteiger partial charge in [-0.3, -0.25) is 14.4 Å². The lowest BCUT2D eigenvalue weighted by Crippen LogP contribution is -2.69. The second kappa shape index (κ2) is 6.52. The molecule has 1 aromatic rings. The van der Waals surface area contributed by atoms with E-state index in [1.165, 1.54) is 11.1 Å². The smallest absolute Gasteiger partial charge is 0.346 e. The third-order valence-corrected chi connectivity index (χ3v) is 6.51. The Labute approximate surface area is 150 Å². The van der Waals surface area contributed by atoms with Crippen LogP contribution in [0.25, 0.3) is 0 Å². The maximum atomic E-state index is 12.2. The fraction of sp³-hybridized carbons (Fsp3) is 0.333. The molecule has 1 fully saturated rings. The van der Waals surface area contributed by atoms with Gasteiger partial charge in [-0.1, -0.05) is 0 Å². The molecule has 132 valence electrons. The van der Waals surface area contributed by atoms with E-state index in [1.54, 1.807) is 18.4 Å². The van der Waals surface area contributed by atoms with Crippen LogP contribution in [-0.4, -0.2) is 55.5 Å². The van der Waals surface area contributed by atoms with Gasteiger partial charge in [-0.15, -0.1) is 23.1 Å². The summed E-state index contributed by atoms with van der Waals surface area (Å²) in [6.07, 6.45) is 1.36. The summed E-state index contributed by atoms with van der Waals surface area (Å²) in [5, 5.41) is 21.2. The topological polar surface area (TPSA) is 124 Å². The van der Waals surface area contributed by atoms with Crippen LogP contribution >= 0.6 is 23.1 Å². The number of β-lactam (4-membered cyclic amide) rings is 1. The van der Waals surface area contributed by atoms with Crippen LogP contribution in [0.15, 0.2) is 23.2 Å². The lowest BCUT2D eigenvalue weighted by Gasteiger charge is -2.48. The Morgan fingerprint density at radius 2 is 2.04 bits per heavy atom. The number of hydrogen-bond donors (Lipinski definition) is 3. The Bertz CT molecular complexity index is 802. The minimum Gasteiger partial charge on any atom is -0.480 e. The first-order chi connectivity index (χ1) is 11.8. The highest BCUT2D eigenvalue weighted by atomic mass is 32.2. The molecule has 3 atom stereocenters. The minimum absolute atomic E-state index is 0.0910. The molecule has 1 saturated heterocycles. The molecule has 8 nitrogen and oxygen atoms in total. The molecule has 3 N–H and O–H groups in total. The van der Waals surface area contributed by atoms with E-state index in [9.17, 15) is 24.3 Å². The fourth-order valence-corrected chi connectivity index (χ4v) is 4.82. The molecule has 2 unspecified atom stereocenters. The summed E-state index contributed by atoms with van der Waals surface area (Å²) in [5.41, 5.74) is 0.949. The second-order valence-electron chi connectivity index (χ2n) is 5.67. The number of thioether (sulfide) groups is 1. The number of aliphatic carboxylic acids is 1. The number of nitrogens with one attached hydrogen (secondary N) is 1. The van der Waals surface area contributed by atoms with Gasteiger partial charge in [0, 0.05) is 6.20 Å². The van der Waals surface area contributed by atoms with E-state index < -0.39 is 34.5 Å². The highest BCUT2D eigenvalue weighted by Crippen LogP contribution is 2.40. The number of carbonyl (C=O) groups excluding carboxylic acids is 2. The third-order valence-electron chi connectivity index (χ3n) is 3.94. The van der Waals surface area contributed by atoms with Crippen molar-refractivity contribution in [3.05, 3.63) is 33.7 Å². The summed E-state index contributed by atoms with van der Waals surface area (Å²) in [6, 6.07) is 0.750. The van der Waals surface area contributed by atoms with Crippen LogP contribution in [0.2, 0.25) is 0 Å². The Balaban J connectivity index is 1.67. The van der Waals surface area contributed by atoms with Crippen molar-refractivity contribution in [3.8, 4) is 0 Å². The van der Waals surface area contributed by atoms with Crippen LogP contribution in [0.5, 0.6) is 0 Å². The molecule has 0 radical (unpaired) electrons. The average Bonchev–Trinajstić information content (AvgIpc) is 3.00. The van der Waals surface area contributed by atoms with Crippen LogP contribution in [0.1, 0.15) is 22.2 Å². The summed E-state index contributed by atoms with van der Waals surface area (Å²) >= 11 is 2.13. The van der Waals surface area contributed by atoms with Crippen molar-refractivity contribution in [1.82, 2.24) is 10.2 Å². The minimum atomic E-state index is -1.10. The molecular formula is C15H14N2O6S2. The standard InChI is InChI=1S/C15H14N2O6S2/c1-6-5-17-12(19)9(13(17)25-10(6)14(20)21)16-8(18)4-7-2-3-24-11(7)15(22)23/h2-3,5,9-10,13H,4H2,1H3,(H,16,18)(H,20,21)(H,22,23)/t9?,10?,13-/m1/s1. The normalized spacial score (nSPS) is 24.8. The molecule has 3 rings (SSSR count).